The number of fused-ring (bicyclic) bond motifs is 2. The molecule has 1 fully saturated rings. The van der Waals surface area contributed by atoms with Crippen LogP contribution in [0.5, 0.6) is 5.75 Å². The van der Waals surface area contributed by atoms with Gasteiger partial charge in [-0.2, -0.15) is 0 Å². The number of carbonyl (C=O) groups excluding carboxylic acids is 2. The Kier molecular flexibility index (Phi) is 12.3. The number of rotatable bonds is 14. The third-order valence-corrected chi connectivity index (χ3v) is 15.4. The van der Waals surface area contributed by atoms with Crippen LogP contribution in [0.3, 0.4) is 0 Å². The number of anilines is 1. The number of nitrogens with zero attached hydrogens (tertiary/aromatic N) is 2. The van der Waals surface area contributed by atoms with Crippen molar-refractivity contribution in [2.24, 2.45) is 5.92 Å². The highest BCUT2D eigenvalue weighted by molar-refractivity contribution is 6.91. The lowest BCUT2D eigenvalue weighted by molar-refractivity contribution is -0.149. The predicted octanol–water partition coefficient (Wildman–Crippen LogP) is 8.02. The van der Waals surface area contributed by atoms with Gasteiger partial charge < -0.3 is 24.4 Å². The summed E-state index contributed by atoms with van der Waals surface area (Å²) in [7, 11) is -0.809. The topological polar surface area (TPSA) is 79.3 Å². The number of hydrogen-bond acceptors (Lipinski definition) is 5. The Morgan fingerprint density at radius 3 is 2.41 bits per heavy atom. The number of hydrogen-bond donors (Lipinski definition) is 1. The van der Waals surface area contributed by atoms with E-state index < -0.39 is 19.8 Å². The molecule has 9 heteroatoms. The summed E-state index contributed by atoms with van der Waals surface area (Å²) in [5, 5.41) is 11.7. The van der Waals surface area contributed by atoms with Crippen LogP contribution < -0.4 is 14.8 Å². The number of amides is 2. The molecule has 2 heterocycles. The second-order valence-corrected chi connectivity index (χ2v) is 20.0. The number of allylic oxidation sites excluding steroid dienone is 3. The lowest BCUT2D eigenvalue weighted by Gasteiger charge is -2.37. The van der Waals surface area contributed by atoms with E-state index in [1.807, 2.05) is 65.6 Å². The van der Waals surface area contributed by atoms with E-state index in [0.29, 0.717) is 18.1 Å². The average molecular weight is 729 g/mol. The van der Waals surface area contributed by atoms with Crippen molar-refractivity contribution in [3.8, 4) is 5.75 Å². The minimum Gasteiger partial charge on any atom is -0.497 e. The lowest BCUT2D eigenvalue weighted by atomic mass is 9.82. The van der Waals surface area contributed by atoms with Crippen LogP contribution in [-0.2, 0) is 26.5 Å². The highest BCUT2D eigenvalue weighted by Crippen LogP contribution is 2.60. The monoisotopic (exact) mass is 728 g/mol. The first-order chi connectivity index (χ1) is 24.3. The fourth-order valence-corrected chi connectivity index (χ4v) is 12.3. The summed E-state index contributed by atoms with van der Waals surface area (Å²) >= 11 is 6.67. The highest BCUT2D eigenvalue weighted by Gasteiger charge is 2.66. The van der Waals surface area contributed by atoms with E-state index in [0.717, 1.165) is 35.4 Å². The summed E-state index contributed by atoms with van der Waals surface area (Å²) in [6.07, 6.45) is 5.78. The molecule has 0 saturated carbocycles. The van der Waals surface area contributed by atoms with E-state index in [1.54, 1.807) is 12.0 Å². The quantitative estimate of drug-likeness (QED) is 0.134. The van der Waals surface area contributed by atoms with Crippen LogP contribution in [0.15, 0.2) is 96.1 Å². The zero-order valence-electron chi connectivity index (χ0n) is 31.1. The summed E-state index contributed by atoms with van der Waals surface area (Å²) in [6, 6.07) is 23.6. The van der Waals surface area contributed by atoms with Crippen molar-refractivity contribution in [1.82, 2.24) is 4.90 Å². The number of benzene rings is 3. The Labute approximate surface area is 309 Å². The molecule has 0 radical (unpaired) electrons. The highest BCUT2D eigenvalue weighted by atomic mass is 35.5. The van der Waals surface area contributed by atoms with Crippen molar-refractivity contribution in [1.29, 1.82) is 0 Å². The van der Waals surface area contributed by atoms with Crippen molar-refractivity contribution >= 4 is 42.4 Å². The minimum absolute atomic E-state index is 0.0860. The van der Waals surface area contributed by atoms with E-state index in [1.165, 1.54) is 16.3 Å². The maximum Gasteiger partial charge on any atom is 0.264 e. The third-order valence-electron chi connectivity index (χ3n) is 10.8. The standard InChI is InChI=1S/C42H53ClN2O5Si/c1-29(2)12-11-13-30(3)22-23-45-37-21-16-33(43)26-36(37)42(41(45)48)31(4)40(51(6,7)35-19-17-34(49-5)18-20-35)38(50-42)27-39(47)44(24-25-46)28-32-14-9-8-10-15-32/h8-10,12,14-22,26,31,38,40,46H,11,13,23-25,27-28H2,1-7H3/b30-22+/t31-,38+,40-,42+/m0/s1. The van der Waals surface area contributed by atoms with Crippen molar-refractivity contribution in [3.05, 3.63) is 112 Å². The van der Waals surface area contributed by atoms with Gasteiger partial charge in [0.1, 0.15) is 5.75 Å². The average Bonchev–Trinajstić information content (AvgIpc) is 3.53. The first kappa shape index (κ1) is 38.5. The molecular formula is C42H53ClN2O5Si. The fourth-order valence-electron chi connectivity index (χ4n) is 8.12. The fraction of sp³-hybridized carbons (Fsp3) is 0.429. The molecule has 2 aliphatic heterocycles. The summed E-state index contributed by atoms with van der Waals surface area (Å²) in [6.45, 7) is 13.9. The maximum absolute atomic E-state index is 15.0. The normalized spacial score (nSPS) is 21.6. The largest absolute Gasteiger partial charge is 0.497 e. The van der Waals surface area contributed by atoms with E-state index in [2.05, 4.69) is 65.1 Å². The molecular weight excluding hydrogens is 676 g/mol. The Bertz CT molecular complexity index is 1750. The number of aliphatic hydroxyl groups excluding tert-OH is 1. The number of carbonyl (C=O) groups is 2. The zero-order chi connectivity index (χ0) is 36.9. The van der Waals surface area contributed by atoms with Gasteiger partial charge in [0.2, 0.25) is 5.91 Å². The first-order valence-corrected chi connectivity index (χ1v) is 21.4. The lowest BCUT2D eigenvalue weighted by Crippen LogP contribution is -2.52. The molecule has 5 rings (SSSR count). The Morgan fingerprint density at radius 2 is 1.76 bits per heavy atom. The molecule has 1 spiro atoms. The number of halogens is 1. The van der Waals surface area contributed by atoms with E-state index in [-0.39, 0.29) is 42.8 Å². The van der Waals surface area contributed by atoms with Gasteiger partial charge in [-0.05, 0) is 75.0 Å². The van der Waals surface area contributed by atoms with Crippen LogP contribution in [0.25, 0.3) is 0 Å². The summed E-state index contributed by atoms with van der Waals surface area (Å²) in [5.41, 5.74) is 3.63. The molecule has 0 unspecified atom stereocenters. The smallest absolute Gasteiger partial charge is 0.264 e. The van der Waals surface area contributed by atoms with E-state index in [4.69, 9.17) is 21.1 Å². The van der Waals surface area contributed by atoms with Crippen molar-refractivity contribution in [3.63, 3.8) is 0 Å². The molecule has 2 aliphatic rings. The van der Waals surface area contributed by atoms with E-state index >= 15 is 4.79 Å². The van der Waals surface area contributed by atoms with Crippen molar-refractivity contribution in [2.75, 3.05) is 31.7 Å². The molecule has 3 aromatic carbocycles. The molecule has 4 atom stereocenters. The van der Waals surface area contributed by atoms with Crippen LogP contribution in [0.4, 0.5) is 5.69 Å². The molecule has 0 aromatic heterocycles. The van der Waals surface area contributed by atoms with Crippen LogP contribution >= 0.6 is 11.6 Å². The molecule has 1 N–H and O–H groups in total. The van der Waals surface area contributed by atoms with Crippen molar-refractivity contribution < 1.29 is 24.2 Å². The molecule has 0 bridgehead atoms. The van der Waals surface area contributed by atoms with Gasteiger partial charge in [-0.15, -0.1) is 0 Å². The van der Waals surface area contributed by atoms with Gasteiger partial charge in [0.15, 0.2) is 5.60 Å². The summed E-state index contributed by atoms with van der Waals surface area (Å²) < 4.78 is 12.7. The molecule has 2 amide bonds. The number of ether oxygens (including phenoxy) is 2. The van der Waals surface area contributed by atoms with Crippen LogP contribution in [0.2, 0.25) is 23.7 Å². The predicted molar refractivity (Wildman–Crippen MR) is 209 cm³/mol. The minimum atomic E-state index is -2.46. The van der Waals surface area contributed by atoms with E-state index in [9.17, 15) is 9.90 Å². The zero-order valence-corrected chi connectivity index (χ0v) is 32.9. The Morgan fingerprint density at radius 1 is 1.06 bits per heavy atom. The van der Waals surface area contributed by atoms with Gasteiger partial charge >= 0.3 is 0 Å². The van der Waals surface area contributed by atoms with Crippen LogP contribution in [-0.4, -0.2) is 62.8 Å². The first-order valence-electron chi connectivity index (χ1n) is 18.0. The van der Waals surface area contributed by atoms with Crippen LogP contribution in [0, 0.1) is 5.92 Å². The maximum atomic E-state index is 15.0. The SMILES string of the molecule is COc1ccc([Si](C)(C)[C@@H]2[C@@H](CC(=O)N(CCO)Cc3ccccc3)O[C@]3(C(=O)N(C/C=C(\C)CCC=C(C)C)c4ccc(Cl)cc43)[C@H]2C)cc1. The molecule has 0 aliphatic carbocycles. The number of methoxy groups -OCH3 is 1. The molecule has 1 saturated heterocycles. The molecule has 3 aromatic rings. The van der Waals surface area contributed by atoms with Gasteiger partial charge in [0.05, 0.1) is 40.0 Å². The molecule has 272 valence electrons. The second-order valence-electron chi connectivity index (χ2n) is 14.8. The molecule has 51 heavy (non-hydrogen) atoms. The Balaban J connectivity index is 1.55. The van der Waals surface area contributed by atoms with Gasteiger partial charge in [-0.1, -0.05) is 103 Å². The van der Waals surface area contributed by atoms with Gasteiger partial charge in [-0.3, -0.25) is 9.59 Å². The third kappa shape index (κ3) is 8.04. The summed E-state index contributed by atoms with van der Waals surface area (Å²) in [5.74, 6) is 0.279. The Hall–Kier alpha value is -3.69. The van der Waals surface area contributed by atoms with Gasteiger partial charge in [0.25, 0.3) is 5.91 Å². The second kappa shape index (κ2) is 16.3. The van der Waals surface area contributed by atoms with Gasteiger partial charge in [0, 0.05) is 36.1 Å². The van der Waals surface area contributed by atoms with Crippen LogP contribution in [0.1, 0.15) is 58.1 Å². The van der Waals surface area contributed by atoms with Crippen molar-refractivity contribution in [2.45, 2.75) is 83.8 Å². The summed E-state index contributed by atoms with van der Waals surface area (Å²) in [4.78, 5) is 32.8. The number of aliphatic hydroxyl groups is 1. The van der Waals surface area contributed by atoms with Gasteiger partial charge in [-0.25, -0.2) is 0 Å². The molecule has 7 nitrogen and oxygen atoms in total.